The number of halogens is 3. The van der Waals surface area contributed by atoms with Gasteiger partial charge in [-0.15, -0.1) is 0 Å². The molecular formula is C9H9BrF2O2. The molecule has 2 atom stereocenters. The fraction of sp³-hybridized carbons (Fsp3) is 0.333. The first-order valence-electron chi connectivity index (χ1n) is 3.94. The van der Waals surface area contributed by atoms with Gasteiger partial charge in [0.05, 0.1) is 16.1 Å². The van der Waals surface area contributed by atoms with E-state index in [4.69, 9.17) is 5.11 Å². The fourth-order valence-corrected chi connectivity index (χ4v) is 1.40. The van der Waals surface area contributed by atoms with Gasteiger partial charge in [0.1, 0.15) is 17.7 Å². The monoisotopic (exact) mass is 266 g/mol. The highest BCUT2D eigenvalue weighted by Gasteiger charge is 2.23. The molecule has 5 heteroatoms. The fourth-order valence-electron chi connectivity index (χ4n) is 1.06. The molecule has 0 saturated carbocycles. The minimum Gasteiger partial charge on any atom is -0.390 e. The highest BCUT2D eigenvalue weighted by molar-refractivity contribution is 9.10. The zero-order valence-electron chi connectivity index (χ0n) is 7.34. The number of benzene rings is 1. The van der Waals surface area contributed by atoms with Gasteiger partial charge in [-0.25, -0.2) is 8.78 Å². The molecule has 0 bridgehead atoms. The van der Waals surface area contributed by atoms with E-state index in [1.54, 1.807) is 0 Å². The number of hydrogen-bond donors (Lipinski definition) is 2. The van der Waals surface area contributed by atoms with Crippen LogP contribution in [0.3, 0.4) is 0 Å². The van der Waals surface area contributed by atoms with Crippen molar-refractivity contribution in [1.29, 1.82) is 0 Å². The predicted molar refractivity (Wildman–Crippen MR) is 50.7 cm³/mol. The van der Waals surface area contributed by atoms with Gasteiger partial charge in [0.15, 0.2) is 0 Å². The third-order valence-corrected chi connectivity index (χ3v) is 2.44. The third kappa shape index (κ3) is 2.10. The maximum Gasteiger partial charge on any atom is 0.146 e. The number of hydrogen-bond acceptors (Lipinski definition) is 2. The Balaban J connectivity index is 3.25. The van der Waals surface area contributed by atoms with Crippen molar-refractivity contribution in [2.45, 2.75) is 19.1 Å². The molecular weight excluding hydrogens is 258 g/mol. The number of aliphatic hydroxyl groups is 2. The summed E-state index contributed by atoms with van der Waals surface area (Å²) in [6, 6.07) is 2.22. The average Bonchev–Trinajstić information content (AvgIpc) is 2.12. The summed E-state index contributed by atoms with van der Waals surface area (Å²) in [5.74, 6) is -1.77. The lowest BCUT2D eigenvalue weighted by molar-refractivity contribution is 0.0258. The summed E-state index contributed by atoms with van der Waals surface area (Å²) in [7, 11) is 0. The maximum atomic E-state index is 13.3. The average molecular weight is 267 g/mol. The van der Waals surface area contributed by atoms with Crippen LogP contribution in [0, 0.1) is 11.6 Å². The van der Waals surface area contributed by atoms with Crippen LogP contribution in [0.2, 0.25) is 0 Å². The Kier molecular flexibility index (Phi) is 3.58. The molecule has 0 aliphatic heterocycles. The van der Waals surface area contributed by atoms with Crippen LogP contribution in [0.15, 0.2) is 16.6 Å². The largest absolute Gasteiger partial charge is 0.390 e. The van der Waals surface area contributed by atoms with E-state index >= 15 is 0 Å². The van der Waals surface area contributed by atoms with Crippen molar-refractivity contribution in [2.75, 3.05) is 0 Å². The minimum absolute atomic E-state index is 0.0496. The summed E-state index contributed by atoms with van der Waals surface area (Å²) in [6.07, 6.45) is -2.79. The molecule has 2 unspecified atom stereocenters. The molecule has 0 heterocycles. The van der Waals surface area contributed by atoms with Crippen molar-refractivity contribution in [1.82, 2.24) is 0 Å². The molecule has 2 N–H and O–H groups in total. The Hall–Kier alpha value is -0.520. The molecule has 0 aliphatic rings. The van der Waals surface area contributed by atoms with Gasteiger partial charge in [-0.3, -0.25) is 0 Å². The molecule has 78 valence electrons. The molecule has 1 rings (SSSR count). The van der Waals surface area contributed by atoms with Crippen LogP contribution in [-0.4, -0.2) is 16.3 Å². The van der Waals surface area contributed by atoms with Crippen LogP contribution in [0.1, 0.15) is 18.6 Å². The zero-order valence-corrected chi connectivity index (χ0v) is 8.92. The maximum absolute atomic E-state index is 13.3. The lowest BCUT2D eigenvalue weighted by Gasteiger charge is -2.15. The molecule has 0 aromatic heterocycles. The van der Waals surface area contributed by atoms with Crippen molar-refractivity contribution in [3.63, 3.8) is 0 Å². The van der Waals surface area contributed by atoms with Crippen molar-refractivity contribution in [2.24, 2.45) is 0 Å². The zero-order chi connectivity index (χ0) is 10.9. The second-order valence-corrected chi connectivity index (χ2v) is 3.80. The minimum atomic E-state index is -1.56. The Labute approximate surface area is 88.3 Å². The van der Waals surface area contributed by atoms with E-state index < -0.39 is 29.4 Å². The van der Waals surface area contributed by atoms with Crippen molar-refractivity contribution < 1.29 is 19.0 Å². The van der Waals surface area contributed by atoms with Crippen LogP contribution in [0.5, 0.6) is 0 Å². The first kappa shape index (κ1) is 11.6. The van der Waals surface area contributed by atoms with Gasteiger partial charge in [0.25, 0.3) is 0 Å². The molecule has 0 aliphatic carbocycles. The van der Waals surface area contributed by atoms with Crippen molar-refractivity contribution in [3.8, 4) is 0 Å². The van der Waals surface area contributed by atoms with Gasteiger partial charge in [-0.05, 0) is 35.0 Å². The summed E-state index contributed by atoms with van der Waals surface area (Å²) in [4.78, 5) is 0. The topological polar surface area (TPSA) is 40.5 Å². The smallest absolute Gasteiger partial charge is 0.146 e. The molecule has 2 nitrogen and oxygen atoms in total. The van der Waals surface area contributed by atoms with Crippen LogP contribution in [-0.2, 0) is 0 Å². The lowest BCUT2D eigenvalue weighted by Crippen LogP contribution is -2.17. The Morgan fingerprint density at radius 3 is 2.36 bits per heavy atom. The van der Waals surface area contributed by atoms with Crippen LogP contribution >= 0.6 is 15.9 Å². The summed E-state index contributed by atoms with van der Waals surface area (Å²) in [5.41, 5.74) is -0.519. The van der Waals surface area contributed by atoms with E-state index in [1.165, 1.54) is 13.0 Å². The van der Waals surface area contributed by atoms with Crippen molar-refractivity contribution in [3.05, 3.63) is 33.8 Å². The summed E-state index contributed by atoms with van der Waals surface area (Å²) < 4.78 is 26.5. The molecule has 1 aromatic carbocycles. The normalized spacial score (nSPS) is 15.3. The Morgan fingerprint density at radius 2 is 1.86 bits per heavy atom. The van der Waals surface area contributed by atoms with Crippen LogP contribution < -0.4 is 0 Å². The molecule has 1 aromatic rings. The quantitative estimate of drug-likeness (QED) is 0.806. The SMILES string of the molecule is CC(O)C(O)c1c(F)ccc(Br)c1F. The van der Waals surface area contributed by atoms with E-state index in [0.29, 0.717) is 0 Å². The van der Waals surface area contributed by atoms with Gasteiger partial charge in [-0.1, -0.05) is 0 Å². The van der Waals surface area contributed by atoms with Gasteiger partial charge in [0.2, 0.25) is 0 Å². The Bertz CT molecular complexity index is 342. The first-order valence-corrected chi connectivity index (χ1v) is 4.74. The molecule has 0 spiro atoms. The van der Waals surface area contributed by atoms with E-state index in [1.807, 2.05) is 0 Å². The second-order valence-electron chi connectivity index (χ2n) is 2.94. The van der Waals surface area contributed by atoms with Gasteiger partial charge in [-0.2, -0.15) is 0 Å². The highest BCUT2D eigenvalue weighted by atomic mass is 79.9. The summed E-state index contributed by atoms with van der Waals surface area (Å²) >= 11 is 2.86. The van der Waals surface area contributed by atoms with Crippen LogP contribution in [0.25, 0.3) is 0 Å². The second kappa shape index (κ2) is 4.33. The molecule has 0 fully saturated rings. The summed E-state index contributed by atoms with van der Waals surface area (Å²) in [6.45, 7) is 1.25. The van der Waals surface area contributed by atoms with E-state index in [2.05, 4.69) is 15.9 Å². The molecule has 0 saturated heterocycles. The first-order chi connectivity index (χ1) is 6.45. The predicted octanol–water partition coefficient (Wildman–Crippen LogP) is 2.14. The van der Waals surface area contributed by atoms with Gasteiger partial charge >= 0.3 is 0 Å². The number of aliphatic hydroxyl groups excluding tert-OH is 2. The lowest BCUT2D eigenvalue weighted by atomic mass is 10.0. The molecule has 0 amide bonds. The number of rotatable bonds is 2. The van der Waals surface area contributed by atoms with Crippen LogP contribution in [0.4, 0.5) is 8.78 Å². The highest BCUT2D eigenvalue weighted by Crippen LogP contribution is 2.28. The van der Waals surface area contributed by atoms with Crippen molar-refractivity contribution >= 4 is 15.9 Å². The summed E-state index contributed by atoms with van der Waals surface area (Å²) in [5, 5.41) is 18.3. The standard InChI is InChI=1S/C9H9BrF2O2/c1-4(13)9(14)7-6(11)3-2-5(10)8(7)12/h2-4,9,13-14H,1H3. The van der Waals surface area contributed by atoms with Gasteiger partial charge < -0.3 is 10.2 Å². The molecule has 14 heavy (non-hydrogen) atoms. The Morgan fingerprint density at radius 1 is 1.29 bits per heavy atom. The molecule has 0 radical (unpaired) electrons. The van der Waals surface area contributed by atoms with E-state index in [-0.39, 0.29) is 4.47 Å². The van der Waals surface area contributed by atoms with E-state index in [0.717, 1.165) is 6.07 Å². The van der Waals surface area contributed by atoms with E-state index in [9.17, 15) is 13.9 Å². The third-order valence-electron chi connectivity index (χ3n) is 1.83. The van der Waals surface area contributed by atoms with Gasteiger partial charge in [0, 0.05) is 0 Å².